The second-order valence-corrected chi connectivity index (χ2v) is 9.54. The Bertz CT molecular complexity index is 1220. The summed E-state index contributed by atoms with van der Waals surface area (Å²) in [5.74, 6) is -1.67. The lowest BCUT2D eigenvalue weighted by Gasteiger charge is -2.11. The summed E-state index contributed by atoms with van der Waals surface area (Å²) in [6, 6.07) is 9.43. The van der Waals surface area contributed by atoms with Crippen LogP contribution in [0.3, 0.4) is 0 Å². The Labute approximate surface area is 173 Å². The first-order valence-corrected chi connectivity index (χ1v) is 10.8. The number of anilines is 1. The van der Waals surface area contributed by atoms with Crippen LogP contribution in [0.15, 0.2) is 52.9 Å². The van der Waals surface area contributed by atoms with Gasteiger partial charge in [-0.05, 0) is 42.5 Å². The van der Waals surface area contributed by atoms with Gasteiger partial charge in [-0.3, -0.25) is 24.2 Å². The van der Waals surface area contributed by atoms with Crippen molar-refractivity contribution in [2.45, 2.75) is 10.8 Å². The van der Waals surface area contributed by atoms with E-state index in [9.17, 15) is 22.4 Å². The van der Waals surface area contributed by atoms with E-state index in [1.165, 1.54) is 30.5 Å². The molecule has 1 aromatic carbocycles. The van der Waals surface area contributed by atoms with Gasteiger partial charge in [-0.15, -0.1) is 11.3 Å². The number of hydrogen-bond acceptors (Lipinski definition) is 6. The van der Waals surface area contributed by atoms with Crippen LogP contribution in [-0.4, -0.2) is 30.1 Å². The van der Waals surface area contributed by atoms with Crippen molar-refractivity contribution >= 4 is 50.5 Å². The molecule has 11 heteroatoms. The van der Waals surface area contributed by atoms with Crippen LogP contribution in [0.2, 0.25) is 5.02 Å². The molecule has 3 heterocycles. The Kier molecular flexibility index (Phi) is 4.85. The number of benzene rings is 1. The summed E-state index contributed by atoms with van der Waals surface area (Å²) in [5, 5.41) is -0.212. The van der Waals surface area contributed by atoms with Crippen molar-refractivity contribution in [3.8, 4) is 0 Å². The lowest BCUT2D eigenvalue weighted by atomic mass is 10.2. The van der Waals surface area contributed by atoms with E-state index in [0.29, 0.717) is 4.88 Å². The number of carbonyl (C=O) groups excluding carboxylic acids is 2. The van der Waals surface area contributed by atoms with E-state index in [1.807, 2.05) is 0 Å². The molecule has 29 heavy (non-hydrogen) atoms. The van der Waals surface area contributed by atoms with Crippen LogP contribution in [0.4, 0.5) is 10.1 Å². The molecule has 0 radical (unpaired) electrons. The predicted molar refractivity (Wildman–Crippen MR) is 105 cm³/mol. The lowest BCUT2D eigenvalue weighted by Crippen LogP contribution is -2.28. The van der Waals surface area contributed by atoms with Crippen molar-refractivity contribution in [1.82, 2.24) is 9.88 Å². The number of amides is 2. The van der Waals surface area contributed by atoms with Crippen molar-refractivity contribution in [3.05, 3.63) is 75.6 Å². The van der Waals surface area contributed by atoms with E-state index in [2.05, 4.69) is 9.71 Å². The summed E-state index contributed by atoms with van der Waals surface area (Å²) in [7, 11) is -3.95. The van der Waals surface area contributed by atoms with Crippen molar-refractivity contribution in [2.75, 3.05) is 4.72 Å². The molecule has 1 aliphatic heterocycles. The maximum absolute atomic E-state index is 13.2. The maximum atomic E-state index is 13.2. The number of sulfonamides is 1. The number of imide groups is 1. The molecule has 2 aromatic heterocycles. The zero-order valence-corrected chi connectivity index (χ0v) is 16.8. The molecule has 0 aliphatic carbocycles. The fourth-order valence-electron chi connectivity index (χ4n) is 2.77. The van der Waals surface area contributed by atoms with Gasteiger partial charge in [-0.1, -0.05) is 11.6 Å². The standard InChI is InChI=1S/C18H11ClFN3O4S2/c19-13-8-10(3-5-14(13)20)22-29(26,27)15-6-4-11(28-15)9-23-17(24)12-2-1-7-21-16(12)18(23)25/h1-8,22H,9H2. The van der Waals surface area contributed by atoms with Crippen LogP contribution in [0.1, 0.15) is 25.7 Å². The third-order valence-electron chi connectivity index (χ3n) is 4.12. The van der Waals surface area contributed by atoms with Crippen LogP contribution in [-0.2, 0) is 16.6 Å². The summed E-state index contributed by atoms with van der Waals surface area (Å²) >= 11 is 6.58. The number of halogens is 2. The lowest BCUT2D eigenvalue weighted by molar-refractivity contribution is 0.0642. The minimum atomic E-state index is -3.95. The number of thiophene rings is 1. The summed E-state index contributed by atoms with van der Waals surface area (Å²) < 4.78 is 40.7. The first-order valence-electron chi connectivity index (χ1n) is 8.14. The molecular weight excluding hydrogens is 441 g/mol. The van der Waals surface area contributed by atoms with E-state index in [-0.39, 0.29) is 32.7 Å². The highest BCUT2D eigenvalue weighted by molar-refractivity contribution is 7.94. The number of carbonyl (C=O) groups is 2. The number of nitrogens with one attached hydrogen (secondary N) is 1. The van der Waals surface area contributed by atoms with Gasteiger partial charge in [0.05, 0.1) is 22.8 Å². The molecule has 0 fully saturated rings. The number of fused-ring (bicyclic) bond motifs is 1. The fraction of sp³-hybridized carbons (Fsp3) is 0.0556. The molecule has 1 N–H and O–H groups in total. The van der Waals surface area contributed by atoms with Crippen molar-refractivity contribution in [3.63, 3.8) is 0 Å². The van der Waals surface area contributed by atoms with Gasteiger partial charge in [0.15, 0.2) is 0 Å². The average molecular weight is 452 g/mol. The van der Waals surface area contributed by atoms with Gasteiger partial charge in [0.1, 0.15) is 15.7 Å². The second kappa shape index (κ2) is 7.21. The van der Waals surface area contributed by atoms with E-state index < -0.39 is 27.7 Å². The first-order chi connectivity index (χ1) is 13.8. The van der Waals surface area contributed by atoms with E-state index in [1.54, 1.807) is 6.07 Å². The van der Waals surface area contributed by atoms with Crippen LogP contribution in [0.25, 0.3) is 0 Å². The number of pyridine rings is 1. The molecule has 0 spiro atoms. The molecule has 0 saturated heterocycles. The highest BCUT2D eigenvalue weighted by Crippen LogP contribution is 2.29. The summed E-state index contributed by atoms with van der Waals surface area (Å²) in [6.07, 6.45) is 1.43. The highest BCUT2D eigenvalue weighted by Gasteiger charge is 2.36. The largest absolute Gasteiger partial charge is 0.280 e. The number of hydrogen-bond donors (Lipinski definition) is 1. The van der Waals surface area contributed by atoms with Crippen molar-refractivity contribution in [2.24, 2.45) is 0 Å². The van der Waals surface area contributed by atoms with Gasteiger partial charge < -0.3 is 0 Å². The normalized spacial score (nSPS) is 13.7. The summed E-state index contributed by atoms with van der Waals surface area (Å²) in [5.41, 5.74) is 0.409. The minimum absolute atomic E-state index is 0.0253. The molecule has 1 aliphatic rings. The number of rotatable bonds is 5. The molecule has 0 saturated carbocycles. The third-order valence-corrected chi connectivity index (χ3v) is 7.35. The Hall–Kier alpha value is -2.82. The van der Waals surface area contributed by atoms with E-state index >= 15 is 0 Å². The Morgan fingerprint density at radius 1 is 1.14 bits per heavy atom. The molecule has 4 rings (SSSR count). The zero-order valence-electron chi connectivity index (χ0n) is 14.4. The molecule has 0 unspecified atom stereocenters. The van der Waals surface area contributed by atoms with Crippen LogP contribution in [0.5, 0.6) is 0 Å². The monoisotopic (exact) mass is 451 g/mol. The van der Waals surface area contributed by atoms with Gasteiger partial charge in [-0.2, -0.15) is 0 Å². The SMILES string of the molecule is O=C1c2cccnc2C(=O)N1Cc1ccc(S(=O)(=O)Nc2ccc(F)c(Cl)c2)s1. The Morgan fingerprint density at radius 3 is 2.66 bits per heavy atom. The highest BCUT2D eigenvalue weighted by atomic mass is 35.5. The van der Waals surface area contributed by atoms with Gasteiger partial charge in [0, 0.05) is 11.1 Å². The zero-order chi connectivity index (χ0) is 20.8. The summed E-state index contributed by atoms with van der Waals surface area (Å²) in [4.78, 5) is 30.3. The predicted octanol–water partition coefficient (Wildman–Crippen LogP) is 3.53. The van der Waals surface area contributed by atoms with Crippen LogP contribution < -0.4 is 4.72 Å². The Morgan fingerprint density at radius 2 is 1.93 bits per heavy atom. The topological polar surface area (TPSA) is 96.4 Å². The molecule has 7 nitrogen and oxygen atoms in total. The smallest absolute Gasteiger partial charge is 0.279 e. The second-order valence-electron chi connectivity index (χ2n) is 6.05. The van der Waals surface area contributed by atoms with Gasteiger partial charge in [0.25, 0.3) is 21.8 Å². The van der Waals surface area contributed by atoms with Crippen LogP contribution in [0, 0.1) is 5.82 Å². The van der Waals surface area contributed by atoms with E-state index in [4.69, 9.17) is 11.6 Å². The molecule has 3 aromatic rings. The summed E-state index contributed by atoms with van der Waals surface area (Å²) in [6.45, 7) is -0.0728. The fourth-order valence-corrected chi connectivity index (χ4v) is 5.34. The van der Waals surface area contributed by atoms with Crippen molar-refractivity contribution in [1.29, 1.82) is 0 Å². The van der Waals surface area contributed by atoms with Gasteiger partial charge in [0.2, 0.25) is 0 Å². The molecule has 148 valence electrons. The molecular formula is C18H11ClFN3O4S2. The molecule has 0 atom stereocenters. The molecule has 0 bridgehead atoms. The third kappa shape index (κ3) is 3.61. The Balaban J connectivity index is 1.53. The maximum Gasteiger partial charge on any atom is 0.280 e. The van der Waals surface area contributed by atoms with Gasteiger partial charge in [-0.25, -0.2) is 12.8 Å². The van der Waals surface area contributed by atoms with Crippen LogP contribution >= 0.6 is 22.9 Å². The molecule has 2 amide bonds. The average Bonchev–Trinajstić information content (AvgIpc) is 3.25. The quantitative estimate of drug-likeness (QED) is 0.598. The van der Waals surface area contributed by atoms with Gasteiger partial charge >= 0.3 is 0 Å². The first kappa shape index (κ1) is 19.5. The number of aromatic nitrogens is 1. The number of nitrogens with zero attached hydrogens (tertiary/aromatic N) is 2. The minimum Gasteiger partial charge on any atom is -0.279 e. The van der Waals surface area contributed by atoms with E-state index in [0.717, 1.165) is 28.4 Å². The van der Waals surface area contributed by atoms with Crippen molar-refractivity contribution < 1.29 is 22.4 Å².